The standard InChI is InChI=1S/C12H16N4/c1-3-11-8-16(7-9(11)2)12-14-5-10(4-13)6-15-12/h5-6,9,11H,3,7-8H2,1-2H3. The summed E-state index contributed by atoms with van der Waals surface area (Å²) >= 11 is 0. The molecule has 1 aliphatic heterocycles. The van der Waals surface area contributed by atoms with Gasteiger partial charge in [0, 0.05) is 13.1 Å². The molecule has 1 saturated heterocycles. The van der Waals surface area contributed by atoms with Crippen molar-refractivity contribution in [2.75, 3.05) is 18.0 Å². The van der Waals surface area contributed by atoms with Gasteiger partial charge in [-0.1, -0.05) is 20.3 Å². The molecule has 0 N–H and O–H groups in total. The number of rotatable bonds is 2. The first-order valence-electron chi connectivity index (χ1n) is 5.71. The molecule has 4 nitrogen and oxygen atoms in total. The van der Waals surface area contributed by atoms with Gasteiger partial charge in [0.05, 0.1) is 18.0 Å². The van der Waals surface area contributed by atoms with Crippen molar-refractivity contribution in [3.05, 3.63) is 18.0 Å². The quantitative estimate of drug-likeness (QED) is 0.756. The Hall–Kier alpha value is -1.63. The van der Waals surface area contributed by atoms with Crippen molar-refractivity contribution in [1.82, 2.24) is 9.97 Å². The lowest BCUT2D eigenvalue weighted by Gasteiger charge is -2.15. The summed E-state index contributed by atoms with van der Waals surface area (Å²) in [5.41, 5.74) is 0.517. The third kappa shape index (κ3) is 1.99. The minimum absolute atomic E-state index is 0.517. The van der Waals surface area contributed by atoms with E-state index >= 15 is 0 Å². The molecule has 0 saturated carbocycles. The maximum atomic E-state index is 8.67. The molecule has 2 unspecified atom stereocenters. The second-order valence-electron chi connectivity index (χ2n) is 4.43. The summed E-state index contributed by atoms with van der Waals surface area (Å²) in [7, 11) is 0. The molecule has 0 aliphatic carbocycles. The van der Waals surface area contributed by atoms with Crippen molar-refractivity contribution >= 4 is 5.95 Å². The third-order valence-electron chi connectivity index (χ3n) is 3.34. The Morgan fingerprint density at radius 1 is 1.44 bits per heavy atom. The van der Waals surface area contributed by atoms with Crippen LogP contribution in [0, 0.1) is 23.2 Å². The van der Waals surface area contributed by atoms with E-state index in [-0.39, 0.29) is 0 Å². The normalized spacial score (nSPS) is 24.4. The number of hydrogen-bond donors (Lipinski definition) is 0. The third-order valence-corrected chi connectivity index (χ3v) is 3.34. The summed E-state index contributed by atoms with van der Waals surface area (Å²) in [6, 6.07) is 2.03. The fraction of sp³-hybridized carbons (Fsp3) is 0.583. The van der Waals surface area contributed by atoms with Crippen molar-refractivity contribution in [1.29, 1.82) is 5.26 Å². The highest BCUT2D eigenvalue weighted by Crippen LogP contribution is 2.27. The van der Waals surface area contributed by atoms with E-state index in [1.807, 2.05) is 6.07 Å². The Labute approximate surface area is 95.9 Å². The lowest BCUT2D eigenvalue weighted by Crippen LogP contribution is -2.22. The first-order valence-corrected chi connectivity index (χ1v) is 5.71. The molecule has 4 heteroatoms. The van der Waals surface area contributed by atoms with Crippen LogP contribution in [0.5, 0.6) is 0 Å². The molecule has 2 heterocycles. The van der Waals surface area contributed by atoms with Crippen molar-refractivity contribution in [3.8, 4) is 6.07 Å². The van der Waals surface area contributed by atoms with Crippen LogP contribution in [0.1, 0.15) is 25.8 Å². The van der Waals surface area contributed by atoms with E-state index in [1.165, 1.54) is 6.42 Å². The van der Waals surface area contributed by atoms with Crippen LogP contribution in [-0.2, 0) is 0 Å². The highest BCUT2D eigenvalue weighted by atomic mass is 15.3. The summed E-state index contributed by atoms with van der Waals surface area (Å²) in [5.74, 6) is 2.19. The van der Waals surface area contributed by atoms with Gasteiger partial charge >= 0.3 is 0 Å². The zero-order chi connectivity index (χ0) is 11.5. The average Bonchev–Trinajstić information content (AvgIpc) is 2.71. The molecular formula is C12H16N4. The van der Waals surface area contributed by atoms with E-state index in [9.17, 15) is 0 Å². The maximum Gasteiger partial charge on any atom is 0.225 e. The molecule has 2 rings (SSSR count). The topological polar surface area (TPSA) is 52.8 Å². The molecule has 1 fully saturated rings. The van der Waals surface area contributed by atoms with Crippen LogP contribution in [-0.4, -0.2) is 23.1 Å². The molecule has 0 spiro atoms. The fourth-order valence-electron chi connectivity index (χ4n) is 2.27. The van der Waals surface area contributed by atoms with Crippen molar-refractivity contribution in [2.45, 2.75) is 20.3 Å². The van der Waals surface area contributed by atoms with Gasteiger partial charge < -0.3 is 4.90 Å². The van der Waals surface area contributed by atoms with Crippen molar-refractivity contribution in [3.63, 3.8) is 0 Å². The van der Waals surface area contributed by atoms with Gasteiger partial charge in [0.25, 0.3) is 0 Å². The van der Waals surface area contributed by atoms with Crippen molar-refractivity contribution < 1.29 is 0 Å². The Balaban J connectivity index is 2.11. The minimum atomic E-state index is 0.517. The Morgan fingerprint density at radius 2 is 2.12 bits per heavy atom. The van der Waals surface area contributed by atoms with Gasteiger partial charge in [0.1, 0.15) is 6.07 Å². The van der Waals surface area contributed by atoms with E-state index in [1.54, 1.807) is 12.4 Å². The second kappa shape index (κ2) is 4.48. The monoisotopic (exact) mass is 216 g/mol. The van der Waals surface area contributed by atoms with Crippen LogP contribution < -0.4 is 4.90 Å². The SMILES string of the molecule is CCC1CN(c2ncc(C#N)cn2)CC1C. The first-order chi connectivity index (χ1) is 7.74. The molecule has 84 valence electrons. The molecule has 1 aromatic heterocycles. The minimum Gasteiger partial charge on any atom is -0.340 e. The maximum absolute atomic E-state index is 8.67. The van der Waals surface area contributed by atoms with Crippen LogP contribution >= 0.6 is 0 Å². The van der Waals surface area contributed by atoms with Crippen LogP contribution in [0.2, 0.25) is 0 Å². The summed E-state index contributed by atoms with van der Waals surface area (Å²) in [5, 5.41) is 8.67. The fourth-order valence-corrected chi connectivity index (χ4v) is 2.27. The van der Waals surface area contributed by atoms with Crippen LogP contribution in [0.25, 0.3) is 0 Å². The molecule has 1 aromatic rings. The second-order valence-corrected chi connectivity index (χ2v) is 4.43. The number of hydrogen-bond acceptors (Lipinski definition) is 4. The van der Waals surface area contributed by atoms with Gasteiger partial charge in [-0.2, -0.15) is 5.26 Å². The van der Waals surface area contributed by atoms with Crippen molar-refractivity contribution in [2.24, 2.45) is 11.8 Å². The number of nitriles is 1. The van der Waals surface area contributed by atoms with Crippen LogP contribution in [0.3, 0.4) is 0 Å². The molecule has 0 bridgehead atoms. The molecule has 0 amide bonds. The summed E-state index contributed by atoms with van der Waals surface area (Å²) < 4.78 is 0. The highest BCUT2D eigenvalue weighted by molar-refractivity contribution is 5.34. The Bertz CT molecular complexity index is 392. The van der Waals surface area contributed by atoms with E-state index in [0.29, 0.717) is 11.5 Å². The molecule has 2 atom stereocenters. The Kier molecular flexibility index (Phi) is 3.04. The number of nitrogens with zero attached hydrogens (tertiary/aromatic N) is 4. The van der Waals surface area contributed by atoms with E-state index in [0.717, 1.165) is 25.0 Å². The van der Waals surface area contributed by atoms with E-state index in [4.69, 9.17) is 5.26 Å². The van der Waals surface area contributed by atoms with Crippen LogP contribution in [0.4, 0.5) is 5.95 Å². The van der Waals surface area contributed by atoms with Gasteiger partial charge in [0.2, 0.25) is 5.95 Å². The zero-order valence-electron chi connectivity index (χ0n) is 9.72. The molecule has 16 heavy (non-hydrogen) atoms. The molecular weight excluding hydrogens is 200 g/mol. The van der Waals surface area contributed by atoms with E-state index in [2.05, 4.69) is 28.7 Å². The molecule has 0 radical (unpaired) electrons. The van der Waals surface area contributed by atoms with Gasteiger partial charge in [-0.25, -0.2) is 9.97 Å². The molecule has 1 aliphatic rings. The predicted molar refractivity (Wildman–Crippen MR) is 61.9 cm³/mol. The van der Waals surface area contributed by atoms with Gasteiger partial charge in [0.15, 0.2) is 0 Å². The lowest BCUT2D eigenvalue weighted by molar-refractivity contribution is 0.440. The molecule has 0 aromatic carbocycles. The van der Waals surface area contributed by atoms with Gasteiger partial charge in [-0.3, -0.25) is 0 Å². The highest BCUT2D eigenvalue weighted by Gasteiger charge is 2.29. The average molecular weight is 216 g/mol. The lowest BCUT2D eigenvalue weighted by atomic mass is 9.96. The van der Waals surface area contributed by atoms with Crippen LogP contribution in [0.15, 0.2) is 12.4 Å². The smallest absolute Gasteiger partial charge is 0.225 e. The largest absolute Gasteiger partial charge is 0.340 e. The number of aromatic nitrogens is 2. The first kappa shape index (κ1) is 10.9. The number of anilines is 1. The predicted octanol–water partition coefficient (Wildman–Crippen LogP) is 1.83. The Morgan fingerprint density at radius 3 is 2.62 bits per heavy atom. The summed E-state index contributed by atoms with van der Waals surface area (Å²) in [6.45, 7) is 6.55. The summed E-state index contributed by atoms with van der Waals surface area (Å²) in [6.07, 6.45) is 4.38. The van der Waals surface area contributed by atoms with Gasteiger partial charge in [-0.05, 0) is 11.8 Å². The summed E-state index contributed by atoms with van der Waals surface area (Å²) in [4.78, 5) is 10.7. The van der Waals surface area contributed by atoms with E-state index < -0.39 is 0 Å². The zero-order valence-corrected chi connectivity index (χ0v) is 9.72. The van der Waals surface area contributed by atoms with Gasteiger partial charge in [-0.15, -0.1) is 0 Å².